The molecule has 1 heterocycles. The SMILES string of the molecule is CCc1cc(CC(NC)C(C)CSC)n(CC)n1. The molecule has 1 aromatic heterocycles. The highest BCUT2D eigenvalue weighted by molar-refractivity contribution is 7.98. The van der Waals surface area contributed by atoms with Crippen LogP contribution in [-0.2, 0) is 19.4 Å². The predicted molar refractivity (Wildman–Crippen MR) is 81.4 cm³/mol. The fraction of sp³-hybridized carbons (Fsp3) is 0.786. The molecule has 1 rings (SSSR count). The first-order valence-electron chi connectivity index (χ1n) is 6.87. The Morgan fingerprint density at radius 2 is 2.17 bits per heavy atom. The molecule has 0 spiro atoms. The van der Waals surface area contributed by atoms with Crippen molar-refractivity contribution >= 4 is 11.8 Å². The second-order valence-corrected chi connectivity index (χ2v) is 5.74. The van der Waals surface area contributed by atoms with Gasteiger partial charge in [0.1, 0.15) is 0 Å². The van der Waals surface area contributed by atoms with Crippen molar-refractivity contribution in [3.05, 3.63) is 17.5 Å². The van der Waals surface area contributed by atoms with Crippen molar-refractivity contribution < 1.29 is 0 Å². The fourth-order valence-corrected chi connectivity index (χ4v) is 3.08. The maximum absolute atomic E-state index is 4.62. The smallest absolute Gasteiger partial charge is 0.0624 e. The lowest BCUT2D eigenvalue weighted by molar-refractivity contribution is 0.418. The molecule has 0 aliphatic rings. The molecule has 0 fully saturated rings. The minimum Gasteiger partial charge on any atom is -0.316 e. The maximum Gasteiger partial charge on any atom is 0.0624 e. The standard InChI is InChI=1S/C14H27N3S/c1-6-12-8-13(17(7-2)16-12)9-14(15-4)11(3)10-18-5/h8,11,14-15H,6-7,9-10H2,1-5H3. The summed E-state index contributed by atoms with van der Waals surface area (Å²) in [5, 5.41) is 8.08. The van der Waals surface area contributed by atoms with Crippen molar-refractivity contribution in [1.82, 2.24) is 15.1 Å². The van der Waals surface area contributed by atoms with E-state index in [2.05, 4.69) is 55.2 Å². The highest BCUT2D eigenvalue weighted by atomic mass is 32.2. The van der Waals surface area contributed by atoms with Gasteiger partial charge >= 0.3 is 0 Å². The Hall–Kier alpha value is -0.480. The quantitative estimate of drug-likeness (QED) is 0.787. The van der Waals surface area contributed by atoms with E-state index in [-0.39, 0.29) is 0 Å². The normalized spacial score (nSPS) is 14.7. The van der Waals surface area contributed by atoms with E-state index >= 15 is 0 Å². The van der Waals surface area contributed by atoms with Crippen molar-refractivity contribution in [3.63, 3.8) is 0 Å². The number of nitrogens with zero attached hydrogens (tertiary/aromatic N) is 2. The minimum absolute atomic E-state index is 0.532. The van der Waals surface area contributed by atoms with E-state index in [0.717, 1.165) is 19.4 Å². The van der Waals surface area contributed by atoms with E-state index in [1.807, 2.05) is 11.8 Å². The van der Waals surface area contributed by atoms with E-state index in [1.165, 1.54) is 17.1 Å². The molecular formula is C14H27N3S. The molecule has 1 N–H and O–H groups in total. The van der Waals surface area contributed by atoms with Gasteiger partial charge in [-0.05, 0) is 44.4 Å². The zero-order chi connectivity index (χ0) is 13.5. The number of likely N-dealkylation sites (N-methyl/N-ethyl adjacent to an activating group) is 1. The van der Waals surface area contributed by atoms with Crippen LogP contribution in [0.2, 0.25) is 0 Å². The van der Waals surface area contributed by atoms with Gasteiger partial charge in [-0.15, -0.1) is 0 Å². The summed E-state index contributed by atoms with van der Waals surface area (Å²) in [7, 11) is 2.06. The molecule has 0 aromatic carbocycles. The van der Waals surface area contributed by atoms with Gasteiger partial charge in [-0.2, -0.15) is 16.9 Å². The minimum atomic E-state index is 0.532. The van der Waals surface area contributed by atoms with Crippen molar-refractivity contribution in [2.75, 3.05) is 19.1 Å². The molecule has 0 radical (unpaired) electrons. The van der Waals surface area contributed by atoms with Crippen LogP contribution in [0, 0.1) is 5.92 Å². The first kappa shape index (κ1) is 15.6. The largest absolute Gasteiger partial charge is 0.316 e. The van der Waals surface area contributed by atoms with Gasteiger partial charge < -0.3 is 5.32 Å². The average Bonchev–Trinajstić information content (AvgIpc) is 2.78. The molecule has 0 saturated heterocycles. The third-order valence-electron chi connectivity index (χ3n) is 3.49. The van der Waals surface area contributed by atoms with Crippen molar-refractivity contribution in [2.45, 2.75) is 46.2 Å². The van der Waals surface area contributed by atoms with Crippen LogP contribution >= 0.6 is 11.8 Å². The summed E-state index contributed by atoms with van der Waals surface area (Å²) in [6.07, 6.45) is 4.26. The zero-order valence-electron chi connectivity index (χ0n) is 12.4. The molecule has 0 saturated carbocycles. The van der Waals surface area contributed by atoms with Gasteiger partial charge in [0.05, 0.1) is 5.69 Å². The van der Waals surface area contributed by atoms with Gasteiger partial charge in [0.25, 0.3) is 0 Å². The summed E-state index contributed by atoms with van der Waals surface area (Å²) in [6.45, 7) is 7.61. The van der Waals surface area contributed by atoms with Gasteiger partial charge in [0.2, 0.25) is 0 Å². The molecule has 2 unspecified atom stereocenters. The summed E-state index contributed by atoms with van der Waals surface area (Å²) in [5.41, 5.74) is 2.57. The van der Waals surface area contributed by atoms with E-state index in [0.29, 0.717) is 12.0 Å². The average molecular weight is 269 g/mol. The van der Waals surface area contributed by atoms with Crippen molar-refractivity contribution in [1.29, 1.82) is 0 Å². The fourth-order valence-electron chi connectivity index (χ4n) is 2.32. The van der Waals surface area contributed by atoms with Crippen LogP contribution in [0.4, 0.5) is 0 Å². The number of thioether (sulfide) groups is 1. The summed E-state index contributed by atoms with van der Waals surface area (Å²) in [5.74, 6) is 1.88. The highest BCUT2D eigenvalue weighted by Gasteiger charge is 2.18. The Kier molecular flexibility index (Phi) is 6.79. The maximum atomic E-state index is 4.62. The highest BCUT2D eigenvalue weighted by Crippen LogP contribution is 2.15. The van der Waals surface area contributed by atoms with Crippen LogP contribution in [0.5, 0.6) is 0 Å². The lowest BCUT2D eigenvalue weighted by atomic mass is 9.99. The van der Waals surface area contributed by atoms with Crippen LogP contribution in [0.3, 0.4) is 0 Å². The topological polar surface area (TPSA) is 29.9 Å². The lowest BCUT2D eigenvalue weighted by Crippen LogP contribution is -2.36. The Morgan fingerprint density at radius 3 is 2.67 bits per heavy atom. The third kappa shape index (κ3) is 4.02. The molecule has 3 nitrogen and oxygen atoms in total. The summed E-state index contributed by atoms with van der Waals surface area (Å²) in [4.78, 5) is 0. The number of aromatic nitrogens is 2. The van der Waals surface area contributed by atoms with Crippen LogP contribution in [0.25, 0.3) is 0 Å². The van der Waals surface area contributed by atoms with E-state index < -0.39 is 0 Å². The van der Waals surface area contributed by atoms with Crippen LogP contribution in [0.15, 0.2) is 6.07 Å². The molecular weight excluding hydrogens is 242 g/mol. The Morgan fingerprint density at radius 1 is 1.44 bits per heavy atom. The van der Waals surface area contributed by atoms with Crippen LogP contribution in [0.1, 0.15) is 32.2 Å². The first-order chi connectivity index (χ1) is 8.65. The molecule has 4 heteroatoms. The van der Waals surface area contributed by atoms with Crippen molar-refractivity contribution in [2.24, 2.45) is 5.92 Å². The monoisotopic (exact) mass is 269 g/mol. The number of rotatable bonds is 8. The zero-order valence-corrected chi connectivity index (χ0v) is 13.2. The molecule has 0 aliphatic heterocycles. The van der Waals surface area contributed by atoms with Gasteiger partial charge in [0, 0.05) is 24.7 Å². The molecule has 2 atom stereocenters. The first-order valence-corrected chi connectivity index (χ1v) is 8.27. The van der Waals surface area contributed by atoms with Gasteiger partial charge in [-0.25, -0.2) is 0 Å². The van der Waals surface area contributed by atoms with Crippen molar-refractivity contribution in [3.8, 4) is 0 Å². The lowest BCUT2D eigenvalue weighted by Gasteiger charge is -2.23. The third-order valence-corrected chi connectivity index (χ3v) is 4.35. The van der Waals surface area contributed by atoms with Gasteiger partial charge in [-0.3, -0.25) is 4.68 Å². The molecule has 0 aliphatic carbocycles. The predicted octanol–water partition coefficient (Wildman–Crippen LogP) is 2.60. The van der Waals surface area contributed by atoms with E-state index in [1.54, 1.807) is 0 Å². The Balaban J connectivity index is 2.77. The van der Waals surface area contributed by atoms with Crippen LogP contribution in [-0.4, -0.2) is 34.9 Å². The molecule has 18 heavy (non-hydrogen) atoms. The molecule has 1 aromatic rings. The van der Waals surface area contributed by atoms with E-state index in [9.17, 15) is 0 Å². The second-order valence-electron chi connectivity index (χ2n) is 4.83. The molecule has 0 amide bonds. The number of hydrogen-bond acceptors (Lipinski definition) is 3. The number of nitrogens with one attached hydrogen (secondary N) is 1. The second kappa shape index (κ2) is 7.85. The van der Waals surface area contributed by atoms with Gasteiger partial charge in [-0.1, -0.05) is 13.8 Å². The number of hydrogen-bond donors (Lipinski definition) is 1. The summed E-state index contributed by atoms with van der Waals surface area (Å²) in [6, 6.07) is 2.80. The van der Waals surface area contributed by atoms with Gasteiger partial charge in [0.15, 0.2) is 0 Å². The Labute approximate surface area is 116 Å². The van der Waals surface area contributed by atoms with E-state index in [4.69, 9.17) is 0 Å². The molecule has 0 bridgehead atoms. The number of aryl methyl sites for hydroxylation is 2. The summed E-state index contributed by atoms with van der Waals surface area (Å²) >= 11 is 1.92. The molecule has 104 valence electrons. The van der Waals surface area contributed by atoms with Crippen LogP contribution < -0.4 is 5.32 Å². The Bertz CT molecular complexity index is 349. The summed E-state index contributed by atoms with van der Waals surface area (Å²) < 4.78 is 2.15.